The van der Waals surface area contributed by atoms with Crippen LogP contribution in [0.15, 0.2) is 24.3 Å². The third-order valence-corrected chi connectivity index (χ3v) is 2.85. The molecule has 0 fully saturated rings. The summed E-state index contributed by atoms with van der Waals surface area (Å²) in [6.07, 6.45) is 0.543. The number of carbonyl (C=O) groups is 1. The molecule has 1 rings (SSSR count). The van der Waals surface area contributed by atoms with Gasteiger partial charge >= 0.3 is 5.97 Å². The normalized spacial score (nSPS) is 13.5. The van der Waals surface area contributed by atoms with Crippen molar-refractivity contribution in [1.29, 1.82) is 0 Å². The van der Waals surface area contributed by atoms with Crippen LogP contribution in [0.4, 0.5) is 0 Å². The smallest absolute Gasteiger partial charge is 0.336 e. The Labute approximate surface area is 94.2 Å². The molecule has 0 heterocycles. The first-order chi connectivity index (χ1) is 7.41. The van der Waals surface area contributed by atoms with E-state index in [1.165, 1.54) is 12.1 Å². The van der Waals surface area contributed by atoms with Crippen LogP contribution in [0.25, 0.3) is 0 Å². The van der Waals surface area contributed by atoms with Crippen molar-refractivity contribution in [3.8, 4) is 0 Å². The van der Waals surface area contributed by atoms with Crippen LogP contribution in [0.2, 0.25) is 0 Å². The molecule has 0 amide bonds. The number of benzene rings is 1. The van der Waals surface area contributed by atoms with E-state index in [1.54, 1.807) is 19.1 Å². The second-order valence-electron chi connectivity index (χ2n) is 3.89. The largest absolute Gasteiger partial charge is 0.478 e. The van der Waals surface area contributed by atoms with E-state index in [4.69, 9.17) is 5.11 Å². The van der Waals surface area contributed by atoms with E-state index in [-0.39, 0.29) is 11.1 Å². The number of hydrogen-bond acceptors (Lipinski definition) is 3. The predicted octanol–water partition coefficient (Wildman–Crippen LogP) is 1.57. The fraction of sp³-hybridized carbons (Fsp3) is 0.417. The monoisotopic (exact) mass is 224 g/mol. The summed E-state index contributed by atoms with van der Waals surface area (Å²) in [6.45, 7) is 3.48. The average Bonchev–Trinajstić information content (AvgIpc) is 2.27. The Kier molecular flexibility index (Phi) is 3.67. The molecule has 0 aromatic heterocycles. The first-order valence-electron chi connectivity index (χ1n) is 5.18. The van der Waals surface area contributed by atoms with Crippen molar-refractivity contribution in [1.82, 2.24) is 0 Å². The minimum absolute atomic E-state index is 0.0388. The van der Waals surface area contributed by atoms with Gasteiger partial charge in [0.1, 0.15) is 0 Å². The van der Waals surface area contributed by atoms with Gasteiger partial charge in [-0.05, 0) is 12.5 Å². The van der Waals surface area contributed by atoms with Crippen molar-refractivity contribution in [2.24, 2.45) is 5.92 Å². The topological polar surface area (TPSA) is 77.8 Å². The van der Waals surface area contributed by atoms with Gasteiger partial charge in [-0.15, -0.1) is 0 Å². The molecule has 0 aliphatic carbocycles. The second-order valence-corrected chi connectivity index (χ2v) is 3.89. The van der Waals surface area contributed by atoms with Gasteiger partial charge in [-0.3, -0.25) is 0 Å². The van der Waals surface area contributed by atoms with Crippen molar-refractivity contribution in [2.45, 2.75) is 26.1 Å². The molecule has 1 atom stereocenters. The summed E-state index contributed by atoms with van der Waals surface area (Å²) < 4.78 is 0. The van der Waals surface area contributed by atoms with E-state index in [9.17, 15) is 15.0 Å². The van der Waals surface area contributed by atoms with Gasteiger partial charge in [0.25, 0.3) is 0 Å². The number of carboxylic acids is 1. The summed E-state index contributed by atoms with van der Waals surface area (Å²) in [6, 6.07) is 5.93. The Morgan fingerprint density at radius 2 is 1.94 bits per heavy atom. The van der Waals surface area contributed by atoms with E-state index >= 15 is 0 Å². The molecule has 0 aliphatic heterocycles. The molecule has 88 valence electrons. The van der Waals surface area contributed by atoms with Crippen LogP contribution in [0, 0.1) is 5.92 Å². The van der Waals surface area contributed by atoms with E-state index in [1.807, 2.05) is 6.92 Å². The number of aromatic carboxylic acids is 1. The molecule has 4 heteroatoms. The Morgan fingerprint density at radius 1 is 1.38 bits per heavy atom. The summed E-state index contributed by atoms with van der Waals surface area (Å²) in [5.41, 5.74) is -0.0374. The minimum Gasteiger partial charge on any atom is -0.478 e. The summed E-state index contributed by atoms with van der Waals surface area (Å²) in [5.74, 6) is -3.71. The average molecular weight is 224 g/mol. The molecule has 0 radical (unpaired) electrons. The summed E-state index contributed by atoms with van der Waals surface area (Å²) in [7, 11) is 0. The zero-order valence-corrected chi connectivity index (χ0v) is 9.34. The number of aliphatic hydroxyl groups is 2. The van der Waals surface area contributed by atoms with Gasteiger partial charge in [0, 0.05) is 11.5 Å². The molecule has 3 N–H and O–H groups in total. The zero-order chi connectivity index (χ0) is 12.3. The highest BCUT2D eigenvalue weighted by molar-refractivity contribution is 5.89. The van der Waals surface area contributed by atoms with E-state index in [2.05, 4.69) is 0 Å². The maximum absolute atomic E-state index is 11.0. The third-order valence-electron chi connectivity index (χ3n) is 2.85. The molecule has 1 unspecified atom stereocenters. The Morgan fingerprint density at radius 3 is 2.44 bits per heavy atom. The van der Waals surface area contributed by atoms with E-state index in [0.29, 0.717) is 6.42 Å². The molecular formula is C12H16O4. The van der Waals surface area contributed by atoms with Crippen LogP contribution in [0.3, 0.4) is 0 Å². The van der Waals surface area contributed by atoms with Gasteiger partial charge < -0.3 is 15.3 Å². The van der Waals surface area contributed by atoms with Gasteiger partial charge in [0.15, 0.2) is 5.79 Å². The van der Waals surface area contributed by atoms with E-state index in [0.717, 1.165) is 0 Å². The molecule has 1 aromatic rings. The SMILES string of the molecule is CCC(C)C(O)(O)c1ccccc1C(=O)O. The van der Waals surface area contributed by atoms with Gasteiger partial charge in [-0.25, -0.2) is 4.79 Å². The van der Waals surface area contributed by atoms with Crippen molar-refractivity contribution >= 4 is 5.97 Å². The van der Waals surface area contributed by atoms with Crippen molar-refractivity contribution in [3.63, 3.8) is 0 Å². The highest BCUT2D eigenvalue weighted by Crippen LogP contribution is 2.31. The Hall–Kier alpha value is -1.39. The van der Waals surface area contributed by atoms with Crippen molar-refractivity contribution < 1.29 is 20.1 Å². The first-order valence-corrected chi connectivity index (χ1v) is 5.18. The van der Waals surface area contributed by atoms with Gasteiger partial charge in [-0.1, -0.05) is 32.0 Å². The quantitative estimate of drug-likeness (QED) is 0.678. The Balaban J connectivity index is 3.26. The van der Waals surface area contributed by atoms with Crippen LogP contribution < -0.4 is 0 Å². The molecule has 0 aliphatic rings. The summed E-state index contributed by atoms with van der Waals surface area (Å²) >= 11 is 0. The van der Waals surface area contributed by atoms with Gasteiger partial charge in [0.2, 0.25) is 0 Å². The number of carboxylic acid groups (broad SMARTS) is 1. The molecule has 0 saturated heterocycles. The summed E-state index contributed by atoms with van der Waals surface area (Å²) in [5, 5.41) is 28.9. The van der Waals surface area contributed by atoms with Gasteiger partial charge in [-0.2, -0.15) is 0 Å². The molecule has 0 bridgehead atoms. The van der Waals surface area contributed by atoms with Crippen LogP contribution in [-0.4, -0.2) is 21.3 Å². The highest BCUT2D eigenvalue weighted by atomic mass is 16.5. The molecule has 1 aromatic carbocycles. The maximum atomic E-state index is 11.0. The predicted molar refractivity (Wildman–Crippen MR) is 59.0 cm³/mol. The molecule has 16 heavy (non-hydrogen) atoms. The van der Waals surface area contributed by atoms with Crippen molar-refractivity contribution in [3.05, 3.63) is 35.4 Å². The van der Waals surface area contributed by atoms with Crippen molar-refractivity contribution in [2.75, 3.05) is 0 Å². The van der Waals surface area contributed by atoms with E-state index < -0.39 is 17.7 Å². The minimum atomic E-state index is -2.11. The lowest BCUT2D eigenvalue weighted by molar-refractivity contribution is -0.206. The fourth-order valence-electron chi connectivity index (χ4n) is 1.54. The lowest BCUT2D eigenvalue weighted by atomic mass is 9.88. The van der Waals surface area contributed by atoms with Crippen LogP contribution >= 0.6 is 0 Å². The third kappa shape index (κ3) is 2.23. The standard InChI is InChI=1S/C12H16O4/c1-3-8(2)12(15,16)10-7-5-4-6-9(10)11(13)14/h4-8,15-16H,3H2,1-2H3,(H,13,14). The first kappa shape index (κ1) is 12.7. The lowest BCUT2D eigenvalue weighted by Crippen LogP contribution is -2.34. The molecular weight excluding hydrogens is 208 g/mol. The lowest BCUT2D eigenvalue weighted by Gasteiger charge is -2.29. The van der Waals surface area contributed by atoms with Crippen LogP contribution in [0.5, 0.6) is 0 Å². The fourth-order valence-corrected chi connectivity index (χ4v) is 1.54. The highest BCUT2D eigenvalue weighted by Gasteiger charge is 2.35. The number of rotatable bonds is 4. The Bertz CT molecular complexity index is 384. The maximum Gasteiger partial charge on any atom is 0.336 e. The molecule has 0 saturated carbocycles. The van der Waals surface area contributed by atoms with Crippen LogP contribution in [0.1, 0.15) is 36.2 Å². The van der Waals surface area contributed by atoms with Gasteiger partial charge in [0.05, 0.1) is 5.56 Å². The zero-order valence-electron chi connectivity index (χ0n) is 9.34. The molecule has 4 nitrogen and oxygen atoms in total. The van der Waals surface area contributed by atoms with Crippen LogP contribution in [-0.2, 0) is 5.79 Å². The summed E-state index contributed by atoms with van der Waals surface area (Å²) in [4.78, 5) is 11.0. The molecule has 0 spiro atoms. The second kappa shape index (κ2) is 4.63. The number of hydrogen-bond donors (Lipinski definition) is 3.